The van der Waals surface area contributed by atoms with Gasteiger partial charge in [-0.2, -0.15) is 0 Å². The van der Waals surface area contributed by atoms with Gasteiger partial charge in [0.15, 0.2) is 0 Å². The van der Waals surface area contributed by atoms with Gasteiger partial charge in [-0.1, -0.05) is 119 Å². The molecule has 35 heavy (non-hydrogen) atoms. The van der Waals surface area contributed by atoms with Crippen LogP contribution < -0.4 is 5.32 Å². The summed E-state index contributed by atoms with van der Waals surface area (Å²) < 4.78 is 0. The highest BCUT2D eigenvalue weighted by Crippen LogP contribution is 2.12. The molecule has 4 nitrogen and oxygen atoms in total. The highest BCUT2D eigenvalue weighted by Gasteiger charge is 2.19. The van der Waals surface area contributed by atoms with Gasteiger partial charge in [-0.15, -0.1) is 0 Å². The molecular weight excluding hydrogens is 434 g/mol. The lowest BCUT2D eigenvalue weighted by Gasteiger charge is -2.14. The van der Waals surface area contributed by atoms with Crippen molar-refractivity contribution in [3.8, 4) is 0 Å². The third-order valence-corrected chi connectivity index (χ3v) is 6.27. The fourth-order valence-electron chi connectivity index (χ4n) is 4.12. The van der Waals surface area contributed by atoms with Crippen molar-refractivity contribution >= 4 is 11.9 Å². The lowest BCUT2D eigenvalue weighted by molar-refractivity contribution is -0.141. The molecule has 0 saturated carbocycles. The Kier molecular flexibility index (Phi) is 19.4. The van der Waals surface area contributed by atoms with Crippen LogP contribution in [0.5, 0.6) is 0 Å². The van der Waals surface area contributed by atoms with Crippen LogP contribution in [0, 0.1) is 0 Å². The van der Waals surface area contributed by atoms with Gasteiger partial charge in [-0.25, -0.2) is 4.79 Å². The summed E-state index contributed by atoms with van der Waals surface area (Å²) >= 11 is 0. The number of nitrogens with one attached hydrogen (secondary N) is 1. The Morgan fingerprint density at radius 3 is 1.89 bits per heavy atom. The molecule has 0 aliphatic rings. The number of unbranched alkanes of at least 4 members (excludes halogenated alkanes) is 12. The van der Waals surface area contributed by atoms with E-state index in [4.69, 9.17) is 0 Å². The van der Waals surface area contributed by atoms with E-state index >= 15 is 0 Å². The molecule has 0 aromatic heterocycles. The highest BCUT2D eigenvalue weighted by atomic mass is 16.4. The molecule has 0 heterocycles. The van der Waals surface area contributed by atoms with Crippen LogP contribution in [0.15, 0.2) is 54.6 Å². The summed E-state index contributed by atoms with van der Waals surface area (Å²) in [4.78, 5) is 23.6. The standard InChI is InChI=1S/C31H49NO3/c1-2-3-4-5-6-7-8-9-10-11-12-13-14-15-16-17-18-19-23-26-30(33)32-29(31(34)35)27-28-24-21-20-22-25-28/h6-7,9-10,20-22,24-25,29H,2-5,8,11-19,23,26-27H2,1H3,(H,32,33)(H,34,35)/b7-6-,10-9-/t29-/m0/s1. The largest absolute Gasteiger partial charge is 0.480 e. The Morgan fingerprint density at radius 2 is 1.31 bits per heavy atom. The number of rotatable bonds is 22. The number of hydrogen-bond acceptors (Lipinski definition) is 2. The van der Waals surface area contributed by atoms with Crippen LogP contribution in [-0.4, -0.2) is 23.0 Å². The van der Waals surface area contributed by atoms with Crippen LogP contribution in [0.25, 0.3) is 0 Å². The van der Waals surface area contributed by atoms with E-state index in [9.17, 15) is 14.7 Å². The van der Waals surface area contributed by atoms with Gasteiger partial charge in [0, 0.05) is 12.8 Å². The Labute approximate surface area is 214 Å². The first-order valence-electron chi connectivity index (χ1n) is 14.0. The minimum atomic E-state index is -0.983. The van der Waals surface area contributed by atoms with E-state index in [1.807, 2.05) is 30.3 Å². The lowest BCUT2D eigenvalue weighted by atomic mass is 10.0. The Morgan fingerprint density at radius 1 is 0.771 bits per heavy atom. The summed E-state index contributed by atoms with van der Waals surface area (Å²) in [6, 6.07) is 8.56. The van der Waals surface area contributed by atoms with Crippen LogP contribution in [0.4, 0.5) is 0 Å². The fourth-order valence-corrected chi connectivity index (χ4v) is 4.12. The molecule has 1 atom stereocenters. The molecule has 0 bridgehead atoms. The molecule has 0 radical (unpaired) electrons. The number of amides is 1. The van der Waals surface area contributed by atoms with E-state index in [-0.39, 0.29) is 5.91 Å². The minimum absolute atomic E-state index is 0.162. The maximum absolute atomic E-state index is 12.1. The van der Waals surface area contributed by atoms with Crippen LogP contribution >= 0.6 is 0 Å². The minimum Gasteiger partial charge on any atom is -0.480 e. The van der Waals surface area contributed by atoms with Crippen molar-refractivity contribution in [3.05, 3.63) is 60.2 Å². The Balaban J connectivity index is 1.92. The number of aliphatic carboxylic acids is 1. The van der Waals surface area contributed by atoms with Gasteiger partial charge >= 0.3 is 5.97 Å². The second kappa shape index (κ2) is 22.1. The third-order valence-electron chi connectivity index (χ3n) is 6.27. The average molecular weight is 484 g/mol. The molecule has 1 rings (SSSR count). The van der Waals surface area contributed by atoms with Crippen molar-refractivity contribution in [1.29, 1.82) is 0 Å². The van der Waals surface area contributed by atoms with Gasteiger partial charge in [0.1, 0.15) is 6.04 Å². The zero-order valence-corrected chi connectivity index (χ0v) is 22.1. The number of carboxylic acid groups (broad SMARTS) is 1. The number of carbonyl (C=O) groups is 2. The molecule has 0 aliphatic carbocycles. The highest BCUT2D eigenvalue weighted by molar-refractivity contribution is 5.83. The Hall–Kier alpha value is -2.36. The summed E-state index contributed by atoms with van der Waals surface area (Å²) in [6.45, 7) is 2.24. The van der Waals surface area contributed by atoms with Crippen LogP contribution in [0.3, 0.4) is 0 Å². The molecule has 0 fully saturated rings. The number of carboxylic acids is 1. The van der Waals surface area contributed by atoms with Gasteiger partial charge in [0.05, 0.1) is 0 Å². The summed E-state index contributed by atoms with van der Waals surface area (Å²) in [5.74, 6) is -1.14. The van der Waals surface area contributed by atoms with Crippen LogP contribution in [0.2, 0.25) is 0 Å². The van der Waals surface area contributed by atoms with Crippen LogP contribution in [-0.2, 0) is 16.0 Å². The molecule has 0 aliphatic heterocycles. The van der Waals surface area contributed by atoms with Crippen molar-refractivity contribution in [2.45, 2.75) is 122 Å². The predicted molar refractivity (Wildman–Crippen MR) is 148 cm³/mol. The SMILES string of the molecule is CCCCC/C=C\C/C=C\CCCCCCCCCCCC(=O)N[C@@H](Cc1ccccc1)C(=O)O. The Bertz CT molecular complexity index is 711. The van der Waals surface area contributed by atoms with E-state index in [0.29, 0.717) is 12.8 Å². The molecule has 1 aromatic rings. The van der Waals surface area contributed by atoms with Crippen molar-refractivity contribution < 1.29 is 14.7 Å². The molecular formula is C31H49NO3. The monoisotopic (exact) mass is 483 g/mol. The van der Waals surface area contributed by atoms with Gasteiger partial charge in [-0.3, -0.25) is 4.79 Å². The molecule has 0 spiro atoms. The quantitative estimate of drug-likeness (QED) is 0.129. The van der Waals surface area contributed by atoms with Crippen LogP contribution in [0.1, 0.15) is 115 Å². The number of carbonyl (C=O) groups excluding carboxylic acids is 1. The van der Waals surface area contributed by atoms with E-state index in [2.05, 4.69) is 36.5 Å². The molecule has 2 N–H and O–H groups in total. The molecule has 1 amide bonds. The summed E-state index contributed by atoms with van der Waals surface area (Å²) in [7, 11) is 0. The van der Waals surface area contributed by atoms with Gasteiger partial charge < -0.3 is 10.4 Å². The number of hydrogen-bond donors (Lipinski definition) is 2. The second-order valence-electron chi connectivity index (χ2n) is 9.54. The first-order chi connectivity index (χ1) is 17.1. The number of benzene rings is 1. The first-order valence-corrected chi connectivity index (χ1v) is 14.0. The first kappa shape index (κ1) is 30.7. The molecule has 4 heteroatoms. The van der Waals surface area contributed by atoms with Gasteiger partial charge in [0.25, 0.3) is 0 Å². The third kappa shape index (κ3) is 18.6. The maximum atomic E-state index is 12.1. The van der Waals surface area contributed by atoms with Gasteiger partial charge in [-0.05, 0) is 44.1 Å². The normalized spacial score (nSPS) is 12.4. The molecule has 1 aromatic carbocycles. The second-order valence-corrected chi connectivity index (χ2v) is 9.54. The van der Waals surface area contributed by atoms with E-state index in [1.165, 1.54) is 70.6 Å². The molecule has 0 saturated heterocycles. The van der Waals surface area contributed by atoms with Crippen molar-refractivity contribution in [1.82, 2.24) is 5.32 Å². The lowest BCUT2D eigenvalue weighted by Crippen LogP contribution is -2.42. The maximum Gasteiger partial charge on any atom is 0.326 e. The van der Waals surface area contributed by atoms with E-state index < -0.39 is 12.0 Å². The predicted octanol–water partition coefficient (Wildman–Crippen LogP) is 8.17. The zero-order chi connectivity index (χ0) is 25.4. The van der Waals surface area contributed by atoms with Gasteiger partial charge in [0.2, 0.25) is 5.91 Å². The van der Waals surface area contributed by atoms with Crippen molar-refractivity contribution in [3.63, 3.8) is 0 Å². The van der Waals surface area contributed by atoms with Crippen molar-refractivity contribution in [2.75, 3.05) is 0 Å². The summed E-state index contributed by atoms with van der Waals surface area (Å²) in [5, 5.41) is 12.1. The molecule has 0 unspecified atom stereocenters. The zero-order valence-electron chi connectivity index (χ0n) is 22.1. The smallest absolute Gasteiger partial charge is 0.326 e. The van der Waals surface area contributed by atoms with Crippen molar-refractivity contribution in [2.24, 2.45) is 0 Å². The average Bonchev–Trinajstić information content (AvgIpc) is 2.85. The summed E-state index contributed by atoms with van der Waals surface area (Å²) in [5.41, 5.74) is 0.914. The fraction of sp³-hybridized carbons (Fsp3) is 0.613. The summed E-state index contributed by atoms with van der Waals surface area (Å²) in [6.07, 6.45) is 28.1. The number of allylic oxidation sites excluding steroid dienone is 4. The van der Waals surface area contributed by atoms with E-state index in [0.717, 1.165) is 31.2 Å². The van der Waals surface area contributed by atoms with E-state index in [1.54, 1.807) is 0 Å². The topological polar surface area (TPSA) is 66.4 Å². The molecule has 196 valence electrons.